The molecule has 0 radical (unpaired) electrons. The smallest absolute Gasteiger partial charge is 0.252 e. The second kappa shape index (κ2) is 7.28. The lowest BCUT2D eigenvalue weighted by Crippen LogP contribution is -2.34. The highest BCUT2D eigenvalue weighted by molar-refractivity contribution is 9.10. The van der Waals surface area contributed by atoms with Crippen molar-refractivity contribution >= 4 is 21.8 Å². The van der Waals surface area contributed by atoms with Crippen LogP contribution in [0.1, 0.15) is 22.1 Å². The molecular formula is C15H14BrFN2O2. The molecule has 2 rings (SSSR count). The van der Waals surface area contributed by atoms with Gasteiger partial charge < -0.3 is 10.4 Å². The van der Waals surface area contributed by atoms with Crippen LogP contribution >= 0.6 is 15.9 Å². The lowest BCUT2D eigenvalue weighted by Gasteiger charge is -2.16. The van der Waals surface area contributed by atoms with Crippen LogP contribution in [0.4, 0.5) is 4.39 Å². The molecule has 2 atom stereocenters. The third-order valence-electron chi connectivity index (χ3n) is 2.89. The maximum absolute atomic E-state index is 14.0. The number of hydrogen-bond donors (Lipinski definition) is 2. The van der Waals surface area contributed by atoms with Crippen LogP contribution in [0.2, 0.25) is 0 Å². The first-order valence-electron chi connectivity index (χ1n) is 6.34. The van der Waals surface area contributed by atoms with Gasteiger partial charge in [0.05, 0.1) is 5.56 Å². The van der Waals surface area contributed by atoms with E-state index in [1.54, 1.807) is 42.6 Å². The molecule has 0 saturated heterocycles. The molecule has 1 aromatic heterocycles. The van der Waals surface area contributed by atoms with Crippen LogP contribution in [-0.2, 0) is 0 Å². The van der Waals surface area contributed by atoms with E-state index >= 15 is 0 Å². The average Bonchev–Trinajstić information content (AvgIpc) is 2.52. The summed E-state index contributed by atoms with van der Waals surface area (Å²) in [5.41, 5.74) is 0.718. The van der Waals surface area contributed by atoms with Gasteiger partial charge in [0.25, 0.3) is 5.91 Å². The van der Waals surface area contributed by atoms with Gasteiger partial charge in [-0.15, -0.1) is 0 Å². The third-order valence-corrected chi connectivity index (χ3v) is 3.33. The largest absolute Gasteiger partial charge is 0.388 e. The lowest BCUT2D eigenvalue weighted by molar-refractivity contribution is 0.0696. The molecule has 0 bridgehead atoms. The second-order valence-electron chi connectivity index (χ2n) is 4.48. The molecule has 0 spiro atoms. The number of aliphatic hydroxyl groups is 1. The molecule has 0 fully saturated rings. The monoisotopic (exact) mass is 352 g/mol. The lowest BCUT2D eigenvalue weighted by atomic mass is 10.1. The fraction of sp³-hybridized carbons (Fsp3) is 0.200. The molecule has 2 aromatic rings. The highest BCUT2D eigenvalue weighted by Crippen LogP contribution is 2.20. The van der Waals surface area contributed by atoms with Crippen molar-refractivity contribution in [2.75, 3.05) is 6.54 Å². The number of amides is 1. The minimum absolute atomic E-state index is 0.179. The van der Waals surface area contributed by atoms with Gasteiger partial charge in [-0.1, -0.05) is 30.3 Å². The maximum atomic E-state index is 14.0. The first-order valence-corrected chi connectivity index (χ1v) is 7.13. The number of halogens is 2. The summed E-state index contributed by atoms with van der Waals surface area (Å²) in [6, 6.07) is 9.94. The molecule has 110 valence electrons. The molecule has 0 aliphatic heterocycles. The van der Waals surface area contributed by atoms with Crippen molar-refractivity contribution < 1.29 is 14.3 Å². The third kappa shape index (κ3) is 4.34. The summed E-state index contributed by atoms with van der Waals surface area (Å²) in [5.74, 6) is -0.414. The first-order chi connectivity index (χ1) is 10.1. The summed E-state index contributed by atoms with van der Waals surface area (Å²) in [4.78, 5) is 15.7. The van der Waals surface area contributed by atoms with Gasteiger partial charge in [0.2, 0.25) is 0 Å². The van der Waals surface area contributed by atoms with Gasteiger partial charge in [-0.25, -0.2) is 4.39 Å². The fourth-order valence-electron chi connectivity index (χ4n) is 1.80. The molecule has 2 N–H and O–H groups in total. The van der Waals surface area contributed by atoms with Crippen LogP contribution in [0.5, 0.6) is 0 Å². The van der Waals surface area contributed by atoms with E-state index in [0.29, 0.717) is 15.6 Å². The van der Waals surface area contributed by atoms with E-state index in [2.05, 4.69) is 26.2 Å². The number of carbonyl (C=O) groups excluding carboxylic acids is 1. The number of rotatable bonds is 5. The molecular weight excluding hydrogens is 339 g/mol. The number of alkyl halides is 1. The Kier molecular flexibility index (Phi) is 5.41. The van der Waals surface area contributed by atoms with Crippen molar-refractivity contribution in [2.24, 2.45) is 0 Å². The number of aromatic nitrogens is 1. The van der Waals surface area contributed by atoms with Crippen molar-refractivity contribution in [3.05, 3.63) is 64.4 Å². The maximum Gasteiger partial charge on any atom is 0.252 e. The standard InChI is InChI=1S/C15H14BrFN2O2/c16-12-6-11(7-18-8-12)15(21)19-9-13(20)14(17)10-4-2-1-3-5-10/h1-8,13-14,20H,9H2,(H,19,21)/t13-,14+/m1/s1. The summed E-state index contributed by atoms with van der Waals surface area (Å²) in [6.07, 6.45) is 0.0958. The Morgan fingerprint density at radius 3 is 2.71 bits per heavy atom. The van der Waals surface area contributed by atoms with Gasteiger partial charge in [0.15, 0.2) is 6.17 Å². The summed E-state index contributed by atoms with van der Waals surface area (Å²) in [7, 11) is 0. The van der Waals surface area contributed by atoms with Crippen molar-refractivity contribution in [3.63, 3.8) is 0 Å². The fourth-order valence-corrected chi connectivity index (χ4v) is 2.16. The molecule has 4 nitrogen and oxygen atoms in total. The van der Waals surface area contributed by atoms with Crippen molar-refractivity contribution in [3.8, 4) is 0 Å². The molecule has 1 heterocycles. The minimum Gasteiger partial charge on any atom is -0.388 e. The van der Waals surface area contributed by atoms with E-state index < -0.39 is 18.2 Å². The van der Waals surface area contributed by atoms with Crippen LogP contribution in [0.15, 0.2) is 53.3 Å². The highest BCUT2D eigenvalue weighted by Gasteiger charge is 2.21. The number of hydrogen-bond acceptors (Lipinski definition) is 3. The molecule has 6 heteroatoms. The van der Waals surface area contributed by atoms with Crippen LogP contribution in [0.3, 0.4) is 0 Å². The van der Waals surface area contributed by atoms with Crippen molar-refractivity contribution in [1.29, 1.82) is 0 Å². The zero-order chi connectivity index (χ0) is 15.2. The molecule has 0 aliphatic carbocycles. The Bertz CT molecular complexity index is 610. The molecule has 21 heavy (non-hydrogen) atoms. The summed E-state index contributed by atoms with van der Waals surface area (Å²) in [6.45, 7) is -0.179. The quantitative estimate of drug-likeness (QED) is 0.869. The van der Waals surface area contributed by atoms with Gasteiger partial charge in [-0.05, 0) is 27.6 Å². The number of benzene rings is 1. The van der Waals surface area contributed by atoms with E-state index in [1.807, 2.05) is 0 Å². The van der Waals surface area contributed by atoms with Crippen LogP contribution in [0, 0.1) is 0 Å². The average molecular weight is 353 g/mol. The number of pyridine rings is 1. The molecule has 0 unspecified atom stereocenters. The topological polar surface area (TPSA) is 62.2 Å². The number of aliphatic hydroxyl groups excluding tert-OH is 1. The first kappa shape index (κ1) is 15.6. The summed E-state index contributed by atoms with van der Waals surface area (Å²) in [5, 5.41) is 12.3. The predicted octanol–water partition coefficient (Wildman–Crippen LogP) is 2.65. The minimum atomic E-state index is -1.55. The van der Waals surface area contributed by atoms with Gasteiger partial charge in [0, 0.05) is 23.4 Å². The second-order valence-corrected chi connectivity index (χ2v) is 5.40. The Hall–Kier alpha value is -1.79. The van der Waals surface area contributed by atoms with E-state index in [0.717, 1.165) is 0 Å². The summed E-state index contributed by atoms with van der Waals surface area (Å²) >= 11 is 3.21. The Morgan fingerprint density at radius 1 is 1.33 bits per heavy atom. The van der Waals surface area contributed by atoms with E-state index in [-0.39, 0.29) is 6.54 Å². The van der Waals surface area contributed by atoms with Gasteiger partial charge in [-0.3, -0.25) is 9.78 Å². The predicted molar refractivity (Wildman–Crippen MR) is 80.6 cm³/mol. The molecule has 0 saturated carbocycles. The Balaban J connectivity index is 1.92. The normalized spacial score (nSPS) is 13.5. The van der Waals surface area contributed by atoms with E-state index in [4.69, 9.17) is 0 Å². The summed E-state index contributed by atoms with van der Waals surface area (Å²) < 4.78 is 14.7. The number of nitrogens with zero attached hydrogens (tertiary/aromatic N) is 1. The number of nitrogens with one attached hydrogen (secondary N) is 1. The Morgan fingerprint density at radius 2 is 2.05 bits per heavy atom. The molecule has 0 aliphatic rings. The molecule has 1 aromatic carbocycles. The van der Waals surface area contributed by atoms with Crippen molar-refractivity contribution in [1.82, 2.24) is 10.3 Å². The van der Waals surface area contributed by atoms with E-state index in [9.17, 15) is 14.3 Å². The van der Waals surface area contributed by atoms with Gasteiger partial charge >= 0.3 is 0 Å². The van der Waals surface area contributed by atoms with Crippen LogP contribution in [0.25, 0.3) is 0 Å². The van der Waals surface area contributed by atoms with Gasteiger partial charge in [0.1, 0.15) is 6.10 Å². The Labute approximate surface area is 130 Å². The van der Waals surface area contributed by atoms with Crippen LogP contribution < -0.4 is 5.32 Å². The van der Waals surface area contributed by atoms with Crippen molar-refractivity contribution in [2.45, 2.75) is 12.3 Å². The highest BCUT2D eigenvalue weighted by atomic mass is 79.9. The zero-order valence-electron chi connectivity index (χ0n) is 11.0. The molecule has 1 amide bonds. The van der Waals surface area contributed by atoms with E-state index in [1.165, 1.54) is 6.20 Å². The zero-order valence-corrected chi connectivity index (χ0v) is 12.6. The SMILES string of the molecule is O=C(NC[C@@H](O)[C@@H](F)c1ccccc1)c1cncc(Br)c1. The van der Waals surface area contributed by atoms with Gasteiger partial charge in [-0.2, -0.15) is 0 Å². The van der Waals surface area contributed by atoms with Crippen LogP contribution in [-0.4, -0.2) is 28.6 Å². The number of carbonyl (C=O) groups is 1.